The third-order valence-corrected chi connectivity index (χ3v) is 2.49. The molecule has 1 N–H and O–H groups in total. The van der Waals surface area contributed by atoms with E-state index in [1.54, 1.807) is 38.3 Å². The van der Waals surface area contributed by atoms with Crippen LogP contribution in [0.1, 0.15) is 6.92 Å². The van der Waals surface area contributed by atoms with Crippen molar-refractivity contribution in [1.82, 2.24) is 0 Å². The van der Waals surface area contributed by atoms with E-state index in [2.05, 4.69) is 5.32 Å². The van der Waals surface area contributed by atoms with Crippen LogP contribution in [-0.4, -0.2) is 13.7 Å². The largest absolute Gasteiger partial charge is 0.497 e. The zero-order valence-corrected chi connectivity index (χ0v) is 10.1. The van der Waals surface area contributed by atoms with Gasteiger partial charge in [-0.05, 0) is 19.1 Å². The second-order valence-corrected chi connectivity index (χ2v) is 3.65. The summed E-state index contributed by atoms with van der Waals surface area (Å²) in [5.41, 5.74) is -0.263. The van der Waals surface area contributed by atoms with Crippen LogP contribution in [0.25, 0.3) is 0 Å². The maximum absolute atomic E-state index is 11.4. The Morgan fingerprint density at radius 2 is 2.00 bits per heavy atom. The molecule has 0 amide bonds. The molecule has 0 saturated heterocycles. The van der Waals surface area contributed by atoms with Gasteiger partial charge in [0.1, 0.15) is 11.4 Å². The highest BCUT2D eigenvalue weighted by atomic mass is 16.5. The summed E-state index contributed by atoms with van der Waals surface area (Å²) in [6.07, 6.45) is 0. The van der Waals surface area contributed by atoms with Crippen molar-refractivity contribution < 1.29 is 9.47 Å². The van der Waals surface area contributed by atoms with Gasteiger partial charge in [-0.3, -0.25) is 9.59 Å². The van der Waals surface area contributed by atoms with Gasteiger partial charge in [0.15, 0.2) is 5.75 Å². The molecule has 0 fully saturated rings. The van der Waals surface area contributed by atoms with Crippen LogP contribution in [0.15, 0.2) is 33.9 Å². The second-order valence-electron chi connectivity index (χ2n) is 3.65. The van der Waals surface area contributed by atoms with Crippen LogP contribution in [0, 0.1) is 0 Å². The fourth-order valence-electron chi connectivity index (χ4n) is 1.61. The smallest absolute Gasteiger partial charge is 0.272 e. The molecule has 2 aromatic carbocycles. The van der Waals surface area contributed by atoms with Crippen molar-refractivity contribution in [3.8, 4) is 11.5 Å². The molecular weight excluding hydrogens is 234 g/mol. The highest BCUT2D eigenvalue weighted by molar-refractivity contribution is 5.70. The number of rotatable bonds is 5. The van der Waals surface area contributed by atoms with Crippen LogP contribution in [0.5, 0.6) is 11.5 Å². The van der Waals surface area contributed by atoms with Gasteiger partial charge in [0.25, 0.3) is 10.9 Å². The summed E-state index contributed by atoms with van der Waals surface area (Å²) >= 11 is 0. The quantitative estimate of drug-likeness (QED) is 0.810. The molecule has 18 heavy (non-hydrogen) atoms. The van der Waals surface area contributed by atoms with E-state index in [9.17, 15) is 9.59 Å². The molecule has 0 saturated carbocycles. The van der Waals surface area contributed by atoms with Gasteiger partial charge in [0.2, 0.25) is 0 Å². The first-order valence-corrected chi connectivity index (χ1v) is 5.54. The average molecular weight is 247 g/mol. The van der Waals surface area contributed by atoms with E-state index >= 15 is 0 Å². The van der Waals surface area contributed by atoms with Crippen molar-refractivity contribution in [2.24, 2.45) is 0 Å². The molecule has 0 aromatic heterocycles. The van der Waals surface area contributed by atoms with Crippen molar-refractivity contribution in [3.63, 3.8) is 0 Å². The first-order valence-electron chi connectivity index (χ1n) is 5.54. The summed E-state index contributed by atoms with van der Waals surface area (Å²) in [5, 5.41) is 2.87. The zero-order valence-electron chi connectivity index (χ0n) is 10.1. The van der Waals surface area contributed by atoms with E-state index in [-0.39, 0.29) is 11.4 Å². The summed E-state index contributed by atoms with van der Waals surface area (Å²) in [4.78, 5) is 22.7. The van der Waals surface area contributed by atoms with Gasteiger partial charge < -0.3 is 14.8 Å². The number of methoxy groups -OCH3 is 1. The predicted octanol–water partition coefficient (Wildman–Crippen LogP) is 1.43. The van der Waals surface area contributed by atoms with E-state index in [1.807, 2.05) is 0 Å². The lowest BCUT2D eigenvalue weighted by Gasteiger charge is -2.13. The third-order valence-electron chi connectivity index (χ3n) is 2.49. The van der Waals surface area contributed by atoms with Crippen LogP contribution >= 0.6 is 0 Å². The SMILES string of the molecule is CCOc1c(Nc2cccc(OC)c2)c(=O)c1=O. The lowest BCUT2D eigenvalue weighted by molar-refractivity contribution is 0.335. The van der Waals surface area contributed by atoms with Gasteiger partial charge in [0.05, 0.1) is 13.7 Å². The minimum atomic E-state index is -0.581. The third kappa shape index (κ3) is 2.07. The van der Waals surface area contributed by atoms with E-state index in [0.29, 0.717) is 18.0 Å². The normalized spacial score (nSPS) is 10.3. The maximum atomic E-state index is 11.4. The molecule has 0 heterocycles. The van der Waals surface area contributed by atoms with Crippen LogP contribution in [0.2, 0.25) is 0 Å². The number of nitrogens with one attached hydrogen (secondary N) is 1. The Kier molecular flexibility index (Phi) is 3.32. The molecule has 2 rings (SSSR count). The highest BCUT2D eigenvalue weighted by Crippen LogP contribution is 2.24. The Hall–Kier alpha value is -2.30. The zero-order chi connectivity index (χ0) is 13.1. The first-order chi connectivity index (χ1) is 8.67. The van der Waals surface area contributed by atoms with E-state index in [4.69, 9.17) is 9.47 Å². The maximum Gasteiger partial charge on any atom is 0.272 e. The Morgan fingerprint density at radius 3 is 2.67 bits per heavy atom. The molecule has 0 bridgehead atoms. The molecule has 0 unspecified atom stereocenters. The lowest BCUT2D eigenvalue weighted by Crippen LogP contribution is -2.35. The fraction of sp³-hybridized carbons (Fsp3) is 0.231. The van der Waals surface area contributed by atoms with Gasteiger partial charge in [-0.1, -0.05) is 6.07 Å². The van der Waals surface area contributed by atoms with Gasteiger partial charge >= 0.3 is 0 Å². The number of hydrogen-bond acceptors (Lipinski definition) is 5. The van der Waals surface area contributed by atoms with Gasteiger partial charge in [-0.15, -0.1) is 0 Å². The minimum absolute atomic E-state index is 0.102. The lowest BCUT2D eigenvalue weighted by atomic mass is 10.2. The van der Waals surface area contributed by atoms with Crippen LogP contribution < -0.4 is 25.6 Å². The first kappa shape index (κ1) is 12.2. The van der Waals surface area contributed by atoms with Gasteiger partial charge in [-0.25, -0.2) is 0 Å². The Morgan fingerprint density at radius 1 is 1.22 bits per heavy atom. The highest BCUT2D eigenvalue weighted by Gasteiger charge is 2.22. The molecule has 0 atom stereocenters. The molecule has 5 heteroatoms. The summed E-state index contributed by atoms with van der Waals surface area (Å²) in [6, 6.07) is 7.08. The number of ether oxygens (including phenoxy) is 2. The van der Waals surface area contributed by atoms with Crippen LogP contribution in [0.3, 0.4) is 0 Å². The standard InChI is InChI=1S/C13H13NO4/c1-3-18-13-10(11(15)12(13)16)14-8-5-4-6-9(7-8)17-2/h4-7,14H,3H2,1-2H3. The summed E-state index contributed by atoms with van der Waals surface area (Å²) in [5.74, 6) is 0.766. The fourth-order valence-corrected chi connectivity index (χ4v) is 1.61. The topological polar surface area (TPSA) is 64.6 Å². The predicted molar refractivity (Wildman–Crippen MR) is 68.8 cm³/mol. The van der Waals surface area contributed by atoms with Crippen LogP contribution in [0.4, 0.5) is 11.4 Å². The van der Waals surface area contributed by atoms with Crippen molar-refractivity contribution >= 4 is 11.4 Å². The van der Waals surface area contributed by atoms with Crippen molar-refractivity contribution in [2.45, 2.75) is 6.92 Å². The molecule has 2 aromatic rings. The second kappa shape index (κ2) is 4.91. The monoisotopic (exact) mass is 247 g/mol. The Balaban J connectivity index is 2.26. The molecule has 0 radical (unpaired) electrons. The molecule has 5 nitrogen and oxygen atoms in total. The Bertz CT molecular complexity index is 626. The molecule has 94 valence electrons. The van der Waals surface area contributed by atoms with E-state index in [1.165, 1.54) is 0 Å². The average Bonchev–Trinajstić information content (AvgIpc) is 2.42. The number of benzene rings is 1. The van der Waals surface area contributed by atoms with Crippen molar-refractivity contribution in [2.75, 3.05) is 19.0 Å². The summed E-state index contributed by atoms with van der Waals surface area (Å²) in [7, 11) is 1.56. The Labute approximate surface area is 104 Å². The number of anilines is 2. The molecular formula is C13H13NO4. The molecule has 0 aliphatic heterocycles. The van der Waals surface area contributed by atoms with Crippen molar-refractivity contribution in [3.05, 3.63) is 44.7 Å². The van der Waals surface area contributed by atoms with E-state index in [0.717, 1.165) is 0 Å². The summed E-state index contributed by atoms with van der Waals surface area (Å²) in [6.45, 7) is 2.10. The molecule has 0 spiro atoms. The van der Waals surface area contributed by atoms with Crippen molar-refractivity contribution in [1.29, 1.82) is 0 Å². The van der Waals surface area contributed by atoms with Gasteiger partial charge in [-0.2, -0.15) is 0 Å². The summed E-state index contributed by atoms with van der Waals surface area (Å²) < 4.78 is 10.2. The van der Waals surface area contributed by atoms with E-state index < -0.39 is 10.9 Å². The van der Waals surface area contributed by atoms with Gasteiger partial charge in [0, 0.05) is 11.8 Å². The number of hydrogen-bond donors (Lipinski definition) is 1. The molecule has 0 aliphatic rings. The van der Waals surface area contributed by atoms with Crippen LogP contribution in [-0.2, 0) is 0 Å². The molecule has 0 aliphatic carbocycles. The minimum Gasteiger partial charge on any atom is -0.497 e.